The monoisotopic (exact) mass is 263 g/mol. The Morgan fingerprint density at radius 2 is 2.05 bits per heavy atom. The zero-order valence-corrected chi connectivity index (χ0v) is 10.8. The summed E-state index contributed by atoms with van der Waals surface area (Å²) < 4.78 is 13.3. The average Bonchev–Trinajstić information content (AvgIpc) is 2.39. The van der Waals surface area contributed by atoms with E-state index in [-0.39, 0.29) is 17.2 Å². The summed E-state index contributed by atoms with van der Waals surface area (Å²) in [6.45, 7) is 0.668. The Morgan fingerprint density at radius 1 is 1.32 bits per heavy atom. The second kappa shape index (κ2) is 8.22. The molecule has 0 radical (unpaired) electrons. The van der Waals surface area contributed by atoms with Crippen LogP contribution in [0.3, 0.4) is 0 Å². The fraction of sp³-hybridized carbons (Fsp3) is 0.429. The lowest BCUT2D eigenvalue weighted by atomic mass is 10.1. The highest BCUT2D eigenvalue weighted by Crippen LogP contribution is 2.18. The van der Waals surface area contributed by atoms with Crippen LogP contribution in [0.25, 0.3) is 0 Å². The minimum Gasteiger partial charge on any atom is -0.330 e. The van der Waals surface area contributed by atoms with Crippen molar-refractivity contribution in [3.8, 4) is 6.07 Å². The van der Waals surface area contributed by atoms with E-state index in [1.165, 1.54) is 18.2 Å². The van der Waals surface area contributed by atoms with Crippen LogP contribution in [0.15, 0.2) is 18.2 Å². The Hall–Kier alpha value is -1.93. The van der Waals surface area contributed by atoms with Gasteiger partial charge in [0.05, 0.1) is 5.69 Å². The number of hydrogen-bond donors (Lipinski definition) is 2. The molecule has 4 nitrogen and oxygen atoms in total. The summed E-state index contributed by atoms with van der Waals surface area (Å²) in [4.78, 5) is 11.7. The fourth-order valence-corrected chi connectivity index (χ4v) is 1.74. The molecule has 0 bridgehead atoms. The predicted molar refractivity (Wildman–Crippen MR) is 71.9 cm³/mol. The van der Waals surface area contributed by atoms with Crippen LogP contribution >= 0.6 is 0 Å². The normalized spacial score (nSPS) is 9.95. The Balaban J connectivity index is 2.45. The number of amides is 1. The molecule has 0 heterocycles. The Labute approximate surface area is 112 Å². The summed E-state index contributed by atoms with van der Waals surface area (Å²) in [6.07, 6.45) is 4.05. The summed E-state index contributed by atoms with van der Waals surface area (Å²) in [5, 5.41) is 11.4. The van der Waals surface area contributed by atoms with E-state index in [4.69, 9.17) is 11.0 Å². The molecule has 0 aliphatic carbocycles. The molecule has 0 aromatic heterocycles. The summed E-state index contributed by atoms with van der Waals surface area (Å²) in [6, 6.07) is 5.93. The second-order valence-electron chi connectivity index (χ2n) is 4.28. The van der Waals surface area contributed by atoms with E-state index in [1.807, 2.05) is 0 Å². The van der Waals surface area contributed by atoms with E-state index >= 15 is 0 Å². The lowest BCUT2D eigenvalue weighted by Crippen LogP contribution is -2.12. The van der Waals surface area contributed by atoms with Crippen LogP contribution in [0.2, 0.25) is 0 Å². The predicted octanol–water partition coefficient (Wildman–Crippen LogP) is 2.55. The third-order valence-electron chi connectivity index (χ3n) is 2.76. The van der Waals surface area contributed by atoms with Gasteiger partial charge < -0.3 is 11.1 Å². The Kier molecular flexibility index (Phi) is 6.55. The van der Waals surface area contributed by atoms with Gasteiger partial charge >= 0.3 is 0 Å². The molecule has 1 rings (SSSR count). The van der Waals surface area contributed by atoms with E-state index in [2.05, 4.69) is 5.32 Å². The summed E-state index contributed by atoms with van der Waals surface area (Å²) in [5.74, 6) is -0.821. The number of benzene rings is 1. The number of halogens is 1. The van der Waals surface area contributed by atoms with E-state index in [1.54, 1.807) is 6.07 Å². The molecule has 5 heteroatoms. The smallest absolute Gasteiger partial charge is 0.224 e. The van der Waals surface area contributed by atoms with Gasteiger partial charge in [-0.15, -0.1) is 0 Å². The number of nitrogens with one attached hydrogen (secondary N) is 1. The first-order valence-corrected chi connectivity index (χ1v) is 6.37. The first kappa shape index (κ1) is 15.1. The number of nitrogens with two attached hydrogens (primary N) is 1. The van der Waals surface area contributed by atoms with Crippen molar-refractivity contribution in [2.24, 2.45) is 5.73 Å². The maximum absolute atomic E-state index is 13.3. The number of hydrogen-bond acceptors (Lipinski definition) is 3. The molecule has 0 atom stereocenters. The van der Waals surface area contributed by atoms with Gasteiger partial charge in [-0.05, 0) is 31.5 Å². The van der Waals surface area contributed by atoms with Crippen molar-refractivity contribution in [3.63, 3.8) is 0 Å². The second-order valence-corrected chi connectivity index (χ2v) is 4.28. The van der Waals surface area contributed by atoms with Crippen LogP contribution in [0.5, 0.6) is 0 Å². The standard InChI is InChI=1S/C14H18FN3O/c15-12-6-5-7-13(11(12)10-17)18-14(19)8-3-1-2-4-9-16/h5-7H,1-4,8-9,16H2,(H,18,19). The maximum Gasteiger partial charge on any atom is 0.224 e. The van der Waals surface area contributed by atoms with Crippen molar-refractivity contribution in [1.82, 2.24) is 0 Å². The molecule has 1 aromatic rings. The van der Waals surface area contributed by atoms with E-state index in [9.17, 15) is 9.18 Å². The van der Waals surface area contributed by atoms with Crippen LogP contribution in [-0.4, -0.2) is 12.5 Å². The highest BCUT2D eigenvalue weighted by atomic mass is 19.1. The molecule has 0 aliphatic heterocycles. The number of nitriles is 1. The van der Waals surface area contributed by atoms with E-state index in [0.717, 1.165) is 25.7 Å². The number of carbonyl (C=O) groups excluding carboxylic acids is 1. The van der Waals surface area contributed by atoms with Crippen molar-refractivity contribution in [2.45, 2.75) is 32.1 Å². The van der Waals surface area contributed by atoms with Gasteiger partial charge in [0.1, 0.15) is 17.4 Å². The minimum absolute atomic E-state index is 0.126. The van der Waals surface area contributed by atoms with Gasteiger partial charge in [0, 0.05) is 6.42 Å². The molecule has 0 aliphatic rings. The lowest BCUT2D eigenvalue weighted by Gasteiger charge is -2.07. The van der Waals surface area contributed by atoms with E-state index in [0.29, 0.717) is 13.0 Å². The van der Waals surface area contributed by atoms with Gasteiger partial charge in [-0.2, -0.15) is 5.26 Å². The van der Waals surface area contributed by atoms with Crippen molar-refractivity contribution >= 4 is 11.6 Å². The molecule has 19 heavy (non-hydrogen) atoms. The van der Waals surface area contributed by atoms with Gasteiger partial charge in [-0.1, -0.05) is 18.9 Å². The highest BCUT2D eigenvalue weighted by molar-refractivity contribution is 5.92. The molecule has 1 amide bonds. The Bertz CT molecular complexity index is 468. The lowest BCUT2D eigenvalue weighted by molar-refractivity contribution is -0.116. The first-order valence-electron chi connectivity index (χ1n) is 6.37. The van der Waals surface area contributed by atoms with Crippen molar-refractivity contribution in [1.29, 1.82) is 5.26 Å². The van der Waals surface area contributed by atoms with Crippen LogP contribution in [0.4, 0.5) is 10.1 Å². The van der Waals surface area contributed by atoms with E-state index < -0.39 is 5.82 Å². The fourth-order valence-electron chi connectivity index (χ4n) is 1.74. The summed E-state index contributed by atoms with van der Waals surface area (Å²) in [7, 11) is 0. The molecular formula is C14H18FN3O. The molecule has 0 spiro atoms. The van der Waals surface area contributed by atoms with Gasteiger partial charge in [0.2, 0.25) is 5.91 Å². The number of nitrogens with zero attached hydrogens (tertiary/aromatic N) is 1. The number of rotatable bonds is 7. The average molecular weight is 263 g/mol. The van der Waals surface area contributed by atoms with Gasteiger partial charge in [0.25, 0.3) is 0 Å². The quantitative estimate of drug-likeness (QED) is 0.742. The van der Waals surface area contributed by atoms with Gasteiger partial charge in [-0.25, -0.2) is 4.39 Å². The van der Waals surface area contributed by atoms with Crippen molar-refractivity contribution < 1.29 is 9.18 Å². The molecular weight excluding hydrogens is 245 g/mol. The molecule has 0 fully saturated rings. The molecule has 102 valence electrons. The third kappa shape index (κ3) is 5.06. The molecule has 1 aromatic carbocycles. The SMILES string of the molecule is N#Cc1c(F)cccc1NC(=O)CCCCCCN. The van der Waals surface area contributed by atoms with Crippen LogP contribution in [-0.2, 0) is 4.79 Å². The maximum atomic E-state index is 13.3. The van der Waals surface area contributed by atoms with Crippen LogP contribution in [0, 0.1) is 17.1 Å². The van der Waals surface area contributed by atoms with Crippen molar-refractivity contribution in [2.75, 3.05) is 11.9 Å². The van der Waals surface area contributed by atoms with Crippen LogP contribution in [0.1, 0.15) is 37.7 Å². The molecule has 0 unspecified atom stereocenters. The minimum atomic E-state index is -0.622. The van der Waals surface area contributed by atoms with Gasteiger partial charge in [-0.3, -0.25) is 4.79 Å². The molecule has 3 N–H and O–H groups in total. The number of anilines is 1. The largest absolute Gasteiger partial charge is 0.330 e. The third-order valence-corrected chi connectivity index (χ3v) is 2.76. The number of unbranched alkanes of at least 4 members (excludes halogenated alkanes) is 3. The first-order chi connectivity index (χ1) is 9.19. The summed E-state index contributed by atoms with van der Waals surface area (Å²) >= 11 is 0. The number of carbonyl (C=O) groups is 1. The zero-order chi connectivity index (χ0) is 14.1. The molecule has 0 saturated heterocycles. The zero-order valence-electron chi connectivity index (χ0n) is 10.8. The summed E-state index contributed by atoms with van der Waals surface area (Å²) in [5.41, 5.74) is 5.48. The molecule has 0 saturated carbocycles. The van der Waals surface area contributed by atoms with Gasteiger partial charge in [0.15, 0.2) is 0 Å². The van der Waals surface area contributed by atoms with Crippen LogP contribution < -0.4 is 11.1 Å². The van der Waals surface area contributed by atoms with Crippen molar-refractivity contribution in [3.05, 3.63) is 29.6 Å². The Morgan fingerprint density at radius 3 is 2.74 bits per heavy atom. The topological polar surface area (TPSA) is 78.9 Å². The highest BCUT2D eigenvalue weighted by Gasteiger charge is 2.10.